The van der Waals surface area contributed by atoms with E-state index in [2.05, 4.69) is 11.9 Å². The Morgan fingerprint density at radius 3 is 1.81 bits per heavy atom. The van der Waals surface area contributed by atoms with E-state index in [0.717, 1.165) is 21.5 Å². The molecule has 0 saturated carbocycles. The summed E-state index contributed by atoms with van der Waals surface area (Å²) in [5.41, 5.74) is 0.636. The summed E-state index contributed by atoms with van der Waals surface area (Å²) >= 11 is 0. The van der Waals surface area contributed by atoms with Crippen molar-refractivity contribution in [3.8, 4) is 0 Å². The Bertz CT molecular complexity index is 1850. The van der Waals surface area contributed by atoms with Gasteiger partial charge in [0.05, 0.1) is 18.1 Å². The van der Waals surface area contributed by atoms with Gasteiger partial charge in [0, 0.05) is 25.4 Å². The zero-order valence-corrected chi connectivity index (χ0v) is 30.8. The van der Waals surface area contributed by atoms with Crippen LogP contribution >= 0.6 is 6.89 Å². The third-order valence-corrected chi connectivity index (χ3v) is 13.0. The number of alkyl carbamates (subject to hydrolysis) is 1. The molecule has 1 fully saturated rings. The van der Waals surface area contributed by atoms with Crippen LogP contribution in [0.25, 0.3) is 0 Å². The lowest BCUT2D eigenvalue weighted by molar-refractivity contribution is -0.157. The highest BCUT2D eigenvalue weighted by atomic mass is 31.2. The van der Waals surface area contributed by atoms with Crippen LogP contribution < -0.4 is 21.2 Å². The molecule has 4 aromatic rings. The number of likely N-dealkylation sites (tertiary alicyclic amines) is 1. The highest BCUT2D eigenvalue weighted by Gasteiger charge is 2.55. The Labute approximate surface area is 305 Å². The van der Waals surface area contributed by atoms with E-state index in [4.69, 9.17) is 9.47 Å². The normalized spacial score (nSPS) is 16.2. The SMILES string of the molecule is C=CCOC(=O)C(N1C(=O)[C@H]([C@@H](C)O)[C@H]1CC(=O)c1ccc(CNC(=O)OC(C)(C)C)cc1)=P(c1ccccc1)(c1ccccc1)c1ccccc1. The minimum absolute atomic E-state index is 0.0959. The van der Waals surface area contributed by atoms with Crippen molar-refractivity contribution in [1.82, 2.24) is 10.2 Å². The molecule has 0 aliphatic carbocycles. The number of aliphatic hydroxyl groups is 1. The van der Waals surface area contributed by atoms with E-state index in [1.807, 2.05) is 91.0 Å². The number of rotatable bonds is 13. The standard InChI is InChI=1S/C42H45N2O7P/c1-6-26-50-40(48)39(52(32-16-10-7-11-17-32,33-18-12-8-13-19-33)34-20-14-9-15-21-34)44-35(37(29(2)45)38(44)47)27-36(46)31-24-22-30(23-25-31)28-43-41(49)51-42(3,4)5/h6-25,29,35,37,45H,1,26-28H2,2-5H3,(H,43,49)/t29-,35-,37-/m1/s1. The highest BCUT2D eigenvalue weighted by molar-refractivity contribution is 7.96. The Morgan fingerprint density at radius 2 is 1.37 bits per heavy atom. The number of aliphatic hydroxyl groups excluding tert-OH is 1. The van der Waals surface area contributed by atoms with Gasteiger partial charge in [-0.25, -0.2) is 9.59 Å². The number of ether oxygens (including phenoxy) is 2. The predicted octanol–water partition coefficient (Wildman–Crippen LogP) is 5.35. The number of benzene rings is 4. The van der Waals surface area contributed by atoms with Crippen molar-refractivity contribution in [2.45, 2.75) is 58.4 Å². The molecule has 0 radical (unpaired) electrons. The number of carbonyl (C=O) groups is 4. The molecule has 0 spiro atoms. The van der Waals surface area contributed by atoms with Gasteiger partial charge in [0.15, 0.2) is 5.78 Å². The first-order chi connectivity index (χ1) is 24.9. The lowest BCUT2D eigenvalue weighted by Gasteiger charge is -2.50. The molecule has 1 heterocycles. The number of carbonyl (C=O) groups excluding carboxylic acids is 4. The van der Waals surface area contributed by atoms with Gasteiger partial charge in [-0.1, -0.05) is 128 Å². The second kappa shape index (κ2) is 16.4. The Hall–Kier alpha value is -5.24. The summed E-state index contributed by atoms with van der Waals surface area (Å²) in [6.45, 7) is 7.51. The van der Waals surface area contributed by atoms with Gasteiger partial charge in [-0.2, -0.15) is 0 Å². The van der Waals surface area contributed by atoms with Crippen LogP contribution in [-0.4, -0.2) is 63.5 Å². The number of β-lactam (4-membered cyclic amide) rings is 1. The lowest BCUT2D eigenvalue weighted by Crippen LogP contribution is -2.68. The number of Topliss-reactive ketones (excluding diaryl/α,β-unsaturated/α-hetero) is 1. The summed E-state index contributed by atoms with van der Waals surface area (Å²) in [4.78, 5) is 56.5. The summed E-state index contributed by atoms with van der Waals surface area (Å²) in [6, 6.07) is 34.7. The Balaban J connectivity index is 1.63. The second-order valence-electron chi connectivity index (χ2n) is 13.6. The molecule has 1 aliphatic rings. The fourth-order valence-corrected chi connectivity index (χ4v) is 10.9. The van der Waals surface area contributed by atoms with E-state index in [9.17, 15) is 24.3 Å². The van der Waals surface area contributed by atoms with Crippen LogP contribution in [0.3, 0.4) is 0 Å². The van der Waals surface area contributed by atoms with Crippen LogP contribution in [0, 0.1) is 5.92 Å². The number of hydrogen-bond acceptors (Lipinski definition) is 7. The van der Waals surface area contributed by atoms with E-state index in [-0.39, 0.29) is 30.8 Å². The average Bonchev–Trinajstić information content (AvgIpc) is 3.13. The minimum Gasteiger partial charge on any atom is -0.457 e. The zero-order chi connectivity index (χ0) is 37.5. The first-order valence-electron chi connectivity index (χ1n) is 17.2. The van der Waals surface area contributed by atoms with Crippen molar-refractivity contribution >= 4 is 52.0 Å². The van der Waals surface area contributed by atoms with Crippen LogP contribution in [0.5, 0.6) is 0 Å². The molecular formula is C42H45N2O7P. The summed E-state index contributed by atoms with van der Waals surface area (Å²) in [5, 5.41) is 16.1. The van der Waals surface area contributed by atoms with Gasteiger partial charge in [0.25, 0.3) is 0 Å². The molecule has 2 N–H and O–H groups in total. The molecule has 270 valence electrons. The zero-order valence-electron chi connectivity index (χ0n) is 29.9. The number of hydrogen-bond donors (Lipinski definition) is 2. The predicted molar refractivity (Wildman–Crippen MR) is 206 cm³/mol. The van der Waals surface area contributed by atoms with Gasteiger partial charge in [-0.05, 0) is 49.2 Å². The van der Waals surface area contributed by atoms with Crippen molar-refractivity contribution in [2.75, 3.05) is 6.61 Å². The minimum atomic E-state index is -3.19. The maximum absolute atomic E-state index is 14.6. The van der Waals surface area contributed by atoms with Crippen molar-refractivity contribution in [3.05, 3.63) is 139 Å². The second-order valence-corrected chi connectivity index (χ2v) is 16.9. The van der Waals surface area contributed by atoms with Gasteiger partial charge < -0.3 is 24.8 Å². The molecule has 3 atom stereocenters. The van der Waals surface area contributed by atoms with E-state index >= 15 is 0 Å². The largest absolute Gasteiger partial charge is 0.457 e. The third-order valence-electron chi connectivity index (χ3n) is 8.79. The molecule has 4 aromatic carbocycles. The van der Waals surface area contributed by atoms with Crippen molar-refractivity contribution in [2.24, 2.45) is 5.92 Å². The van der Waals surface area contributed by atoms with Gasteiger partial charge >= 0.3 is 12.1 Å². The molecular weight excluding hydrogens is 675 g/mol. The molecule has 5 rings (SSSR count). The van der Waals surface area contributed by atoms with Gasteiger partial charge in [0.1, 0.15) is 17.6 Å². The fourth-order valence-electron chi connectivity index (χ4n) is 6.54. The lowest BCUT2D eigenvalue weighted by atomic mass is 9.79. The first-order valence-corrected chi connectivity index (χ1v) is 19.0. The van der Waals surface area contributed by atoms with E-state index < -0.39 is 48.5 Å². The van der Waals surface area contributed by atoms with Crippen LogP contribution in [0.1, 0.15) is 50.0 Å². The van der Waals surface area contributed by atoms with Gasteiger partial charge in [-0.15, -0.1) is 0 Å². The molecule has 0 aromatic heterocycles. The Morgan fingerprint density at radius 1 is 0.865 bits per heavy atom. The summed E-state index contributed by atoms with van der Waals surface area (Å²) in [6.07, 6.45) is -0.335. The molecule has 2 amide bonds. The van der Waals surface area contributed by atoms with Gasteiger partial charge in [-0.3, -0.25) is 9.59 Å². The average molecular weight is 721 g/mol. The smallest absolute Gasteiger partial charge is 0.407 e. The summed E-state index contributed by atoms with van der Waals surface area (Å²) in [5.74, 6) is -2.38. The fraction of sp³-hybridized carbons (Fsp3) is 0.262. The number of amides is 2. The monoisotopic (exact) mass is 720 g/mol. The van der Waals surface area contributed by atoms with Gasteiger partial charge in [0.2, 0.25) is 5.91 Å². The molecule has 10 heteroatoms. The van der Waals surface area contributed by atoms with Crippen LogP contribution in [0.4, 0.5) is 4.79 Å². The molecule has 1 aliphatic heterocycles. The highest BCUT2D eigenvalue weighted by Crippen LogP contribution is 2.50. The van der Waals surface area contributed by atoms with E-state index in [1.54, 1.807) is 45.0 Å². The molecule has 52 heavy (non-hydrogen) atoms. The van der Waals surface area contributed by atoms with E-state index in [1.165, 1.54) is 17.9 Å². The first kappa shape index (κ1) is 38.0. The van der Waals surface area contributed by atoms with Crippen molar-refractivity contribution in [3.63, 3.8) is 0 Å². The van der Waals surface area contributed by atoms with Crippen LogP contribution in [0.15, 0.2) is 128 Å². The molecule has 9 nitrogen and oxygen atoms in total. The number of esters is 1. The molecule has 0 bridgehead atoms. The maximum atomic E-state index is 14.6. The number of nitrogens with zero attached hydrogens (tertiary/aromatic N) is 1. The van der Waals surface area contributed by atoms with Crippen LogP contribution in [-0.2, 0) is 25.6 Å². The summed E-state index contributed by atoms with van der Waals surface area (Å²) < 4.78 is 11.1. The number of nitrogens with one attached hydrogen (secondary N) is 1. The number of ketones is 1. The third kappa shape index (κ3) is 8.12. The van der Waals surface area contributed by atoms with E-state index in [0.29, 0.717) is 5.56 Å². The Kier molecular flexibility index (Phi) is 12.0. The topological polar surface area (TPSA) is 122 Å². The van der Waals surface area contributed by atoms with Crippen LogP contribution in [0.2, 0.25) is 0 Å². The quantitative estimate of drug-likeness (QED) is 0.0629. The maximum Gasteiger partial charge on any atom is 0.407 e. The van der Waals surface area contributed by atoms with Crippen molar-refractivity contribution < 1.29 is 33.8 Å². The summed E-state index contributed by atoms with van der Waals surface area (Å²) in [7, 11) is 0. The van der Waals surface area contributed by atoms with Crippen molar-refractivity contribution in [1.29, 1.82) is 0 Å². The molecule has 1 saturated heterocycles. The molecule has 0 unspecified atom stereocenters.